The SMILES string of the molecule is COc1ccc(C(O)C(C)NC(C)C(=O)O)cc1C. The van der Waals surface area contributed by atoms with Crippen LogP contribution in [0.4, 0.5) is 0 Å². The van der Waals surface area contributed by atoms with Crippen molar-refractivity contribution in [3.05, 3.63) is 29.3 Å². The first-order valence-electron chi connectivity index (χ1n) is 6.18. The highest BCUT2D eigenvalue weighted by molar-refractivity contribution is 5.72. The first kappa shape index (κ1) is 15.5. The number of rotatable bonds is 6. The van der Waals surface area contributed by atoms with Crippen molar-refractivity contribution in [1.29, 1.82) is 0 Å². The molecule has 0 aromatic heterocycles. The van der Waals surface area contributed by atoms with E-state index in [2.05, 4.69) is 5.32 Å². The molecule has 1 aromatic carbocycles. The molecule has 0 saturated carbocycles. The van der Waals surface area contributed by atoms with Gasteiger partial charge >= 0.3 is 5.97 Å². The summed E-state index contributed by atoms with van der Waals surface area (Å²) < 4.78 is 5.16. The maximum Gasteiger partial charge on any atom is 0.320 e. The van der Waals surface area contributed by atoms with Crippen LogP contribution in [0.5, 0.6) is 5.75 Å². The number of hydrogen-bond donors (Lipinski definition) is 3. The highest BCUT2D eigenvalue weighted by atomic mass is 16.5. The Morgan fingerprint density at radius 2 is 2.00 bits per heavy atom. The Hall–Kier alpha value is -1.59. The number of aliphatic hydroxyl groups excluding tert-OH is 1. The van der Waals surface area contributed by atoms with Gasteiger partial charge in [-0.2, -0.15) is 0 Å². The molecule has 1 aromatic rings. The topological polar surface area (TPSA) is 78.8 Å². The summed E-state index contributed by atoms with van der Waals surface area (Å²) in [4.78, 5) is 10.8. The van der Waals surface area contributed by atoms with Crippen molar-refractivity contribution >= 4 is 5.97 Å². The minimum absolute atomic E-state index is 0.362. The normalized spacial score (nSPS) is 15.6. The molecule has 0 heterocycles. The van der Waals surface area contributed by atoms with Crippen LogP contribution in [-0.4, -0.2) is 35.4 Å². The van der Waals surface area contributed by atoms with E-state index in [-0.39, 0.29) is 6.04 Å². The van der Waals surface area contributed by atoms with Crippen molar-refractivity contribution in [2.45, 2.75) is 39.0 Å². The van der Waals surface area contributed by atoms with Gasteiger partial charge in [0.1, 0.15) is 11.8 Å². The Morgan fingerprint density at radius 1 is 1.37 bits per heavy atom. The molecule has 0 aliphatic heterocycles. The van der Waals surface area contributed by atoms with Gasteiger partial charge in [0.2, 0.25) is 0 Å². The Balaban J connectivity index is 2.79. The standard InChI is InChI=1S/C14H21NO4/c1-8-7-11(5-6-12(8)19-4)13(16)9(2)15-10(3)14(17)18/h5-7,9-10,13,15-16H,1-4H3,(H,17,18). The lowest BCUT2D eigenvalue weighted by Gasteiger charge is -2.23. The number of aliphatic hydroxyl groups is 1. The molecule has 0 fully saturated rings. The smallest absolute Gasteiger partial charge is 0.320 e. The fraction of sp³-hybridized carbons (Fsp3) is 0.500. The van der Waals surface area contributed by atoms with Gasteiger partial charge in [0, 0.05) is 6.04 Å². The molecule has 3 N–H and O–H groups in total. The van der Waals surface area contributed by atoms with Gasteiger partial charge in [0.05, 0.1) is 13.2 Å². The van der Waals surface area contributed by atoms with Crippen LogP contribution in [0.15, 0.2) is 18.2 Å². The number of carboxylic acids is 1. The molecule has 19 heavy (non-hydrogen) atoms. The van der Waals surface area contributed by atoms with Gasteiger partial charge < -0.3 is 14.9 Å². The van der Waals surface area contributed by atoms with Crippen molar-refractivity contribution in [1.82, 2.24) is 5.32 Å². The van der Waals surface area contributed by atoms with Gasteiger partial charge in [-0.05, 0) is 44.0 Å². The highest BCUT2D eigenvalue weighted by Gasteiger charge is 2.21. The van der Waals surface area contributed by atoms with E-state index in [0.29, 0.717) is 0 Å². The Labute approximate surface area is 113 Å². The van der Waals surface area contributed by atoms with E-state index in [0.717, 1.165) is 16.9 Å². The van der Waals surface area contributed by atoms with Gasteiger partial charge in [0.15, 0.2) is 0 Å². The number of methoxy groups -OCH3 is 1. The van der Waals surface area contributed by atoms with Crippen LogP contribution in [0.25, 0.3) is 0 Å². The van der Waals surface area contributed by atoms with Crippen molar-refractivity contribution in [3.63, 3.8) is 0 Å². The van der Waals surface area contributed by atoms with Crippen molar-refractivity contribution < 1.29 is 19.7 Å². The number of hydrogen-bond acceptors (Lipinski definition) is 4. The zero-order chi connectivity index (χ0) is 14.6. The molecule has 0 bridgehead atoms. The third kappa shape index (κ3) is 3.94. The first-order chi connectivity index (χ1) is 8.86. The van der Waals surface area contributed by atoms with Crippen LogP contribution in [0, 0.1) is 6.92 Å². The van der Waals surface area contributed by atoms with E-state index >= 15 is 0 Å². The van der Waals surface area contributed by atoms with Gasteiger partial charge in [-0.25, -0.2) is 0 Å². The van der Waals surface area contributed by atoms with Crippen molar-refractivity contribution in [3.8, 4) is 5.75 Å². The van der Waals surface area contributed by atoms with Gasteiger partial charge in [0.25, 0.3) is 0 Å². The van der Waals surface area contributed by atoms with Gasteiger partial charge in [-0.1, -0.05) is 6.07 Å². The van der Waals surface area contributed by atoms with E-state index in [9.17, 15) is 9.90 Å². The number of aliphatic carboxylic acids is 1. The molecule has 0 amide bonds. The van der Waals surface area contributed by atoms with E-state index in [1.54, 1.807) is 33.1 Å². The molecule has 0 spiro atoms. The summed E-state index contributed by atoms with van der Waals surface area (Å²) in [5.41, 5.74) is 1.66. The van der Waals surface area contributed by atoms with Crippen molar-refractivity contribution in [2.75, 3.05) is 7.11 Å². The number of benzene rings is 1. The molecule has 0 saturated heterocycles. The van der Waals surface area contributed by atoms with Crippen LogP contribution < -0.4 is 10.1 Å². The largest absolute Gasteiger partial charge is 0.496 e. The maximum absolute atomic E-state index is 10.8. The summed E-state index contributed by atoms with van der Waals surface area (Å²) in [6, 6.07) is 4.34. The molecule has 0 aliphatic carbocycles. The maximum atomic E-state index is 10.8. The van der Waals surface area contributed by atoms with Crippen LogP contribution in [-0.2, 0) is 4.79 Å². The first-order valence-corrected chi connectivity index (χ1v) is 6.18. The summed E-state index contributed by atoms with van der Waals surface area (Å²) in [5.74, 6) is -0.180. The molecular formula is C14H21NO4. The quantitative estimate of drug-likeness (QED) is 0.727. The molecule has 5 nitrogen and oxygen atoms in total. The van der Waals surface area contributed by atoms with Crippen LogP contribution >= 0.6 is 0 Å². The van der Waals surface area contributed by atoms with Gasteiger partial charge in [-0.3, -0.25) is 10.1 Å². The molecule has 0 radical (unpaired) electrons. The molecule has 3 unspecified atom stereocenters. The van der Waals surface area contributed by atoms with Crippen LogP contribution in [0.1, 0.15) is 31.1 Å². The molecule has 106 valence electrons. The zero-order valence-corrected chi connectivity index (χ0v) is 11.7. The summed E-state index contributed by atoms with van der Waals surface area (Å²) in [6.07, 6.45) is -0.772. The number of ether oxygens (including phenoxy) is 1. The number of nitrogens with one attached hydrogen (secondary N) is 1. The molecule has 0 aliphatic rings. The monoisotopic (exact) mass is 267 g/mol. The zero-order valence-electron chi connectivity index (χ0n) is 11.7. The lowest BCUT2D eigenvalue weighted by molar-refractivity contribution is -0.139. The summed E-state index contributed by atoms with van der Waals surface area (Å²) in [5, 5.41) is 21.9. The summed E-state index contributed by atoms with van der Waals surface area (Å²) >= 11 is 0. The lowest BCUT2D eigenvalue weighted by atomic mass is 10.0. The second kappa shape index (κ2) is 6.54. The second-order valence-electron chi connectivity index (χ2n) is 4.69. The molecule has 1 rings (SSSR count). The minimum Gasteiger partial charge on any atom is -0.496 e. The van der Waals surface area contributed by atoms with Crippen LogP contribution in [0.3, 0.4) is 0 Å². The number of carbonyl (C=O) groups is 1. The molecule has 5 heteroatoms. The Bertz CT molecular complexity index is 447. The van der Waals surface area contributed by atoms with E-state index in [4.69, 9.17) is 9.84 Å². The summed E-state index contributed by atoms with van der Waals surface area (Å²) in [6.45, 7) is 5.20. The predicted octanol–water partition coefficient (Wildman–Crippen LogP) is 1.49. The third-order valence-electron chi connectivity index (χ3n) is 3.12. The minimum atomic E-state index is -0.940. The molecule has 3 atom stereocenters. The van der Waals surface area contributed by atoms with Crippen LogP contribution in [0.2, 0.25) is 0 Å². The lowest BCUT2D eigenvalue weighted by Crippen LogP contribution is -2.42. The molecular weight excluding hydrogens is 246 g/mol. The van der Waals surface area contributed by atoms with E-state index in [1.807, 2.05) is 13.0 Å². The van der Waals surface area contributed by atoms with E-state index in [1.165, 1.54) is 0 Å². The van der Waals surface area contributed by atoms with Gasteiger partial charge in [-0.15, -0.1) is 0 Å². The average molecular weight is 267 g/mol. The summed E-state index contributed by atoms with van der Waals surface area (Å²) in [7, 11) is 1.59. The van der Waals surface area contributed by atoms with E-state index < -0.39 is 18.1 Å². The third-order valence-corrected chi connectivity index (χ3v) is 3.12. The predicted molar refractivity (Wildman–Crippen MR) is 72.4 cm³/mol. The Kier molecular flexibility index (Phi) is 5.32. The second-order valence-corrected chi connectivity index (χ2v) is 4.69. The average Bonchev–Trinajstić information content (AvgIpc) is 2.37. The fourth-order valence-corrected chi connectivity index (χ4v) is 1.93. The number of aryl methyl sites for hydroxylation is 1. The Morgan fingerprint density at radius 3 is 2.47 bits per heavy atom. The fourth-order valence-electron chi connectivity index (χ4n) is 1.93. The van der Waals surface area contributed by atoms with Crippen molar-refractivity contribution in [2.24, 2.45) is 0 Å². The highest BCUT2D eigenvalue weighted by Crippen LogP contribution is 2.24. The number of carboxylic acid groups (broad SMARTS) is 1.